The fourth-order valence-electron chi connectivity index (χ4n) is 3.69. The van der Waals surface area contributed by atoms with Gasteiger partial charge in [-0.25, -0.2) is 15.0 Å². The number of imidazole rings is 1. The molecule has 1 aliphatic heterocycles. The van der Waals surface area contributed by atoms with Gasteiger partial charge in [0.25, 0.3) is 0 Å². The lowest BCUT2D eigenvalue weighted by molar-refractivity contribution is 0.473. The first kappa shape index (κ1) is 15.9. The van der Waals surface area contributed by atoms with Crippen molar-refractivity contribution in [3.8, 4) is 0 Å². The van der Waals surface area contributed by atoms with Crippen molar-refractivity contribution in [2.24, 2.45) is 7.05 Å². The Morgan fingerprint density at radius 1 is 1.12 bits per heavy atom. The highest BCUT2D eigenvalue weighted by Crippen LogP contribution is 2.26. The van der Waals surface area contributed by atoms with Crippen LogP contribution in [-0.4, -0.2) is 45.7 Å². The lowest BCUT2D eigenvalue weighted by Crippen LogP contribution is -2.44. The molecule has 6 nitrogen and oxygen atoms in total. The third-order valence-electron chi connectivity index (χ3n) is 5.21. The second-order valence-electron chi connectivity index (χ2n) is 6.81. The van der Waals surface area contributed by atoms with Crippen LogP contribution in [0.2, 0.25) is 0 Å². The molecule has 0 radical (unpaired) electrons. The summed E-state index contributed by atoms with van der Waals surface area (Å²) < 4.78 is 2.20. The molecular weight excluding hydrogens is 312 g/mol. The molecule has 0 saturated carbocycles. The molecular formula is C19H24N6. The van der Waals surface area contributed by atoms with Gasteiger partial charge in [0.15, 0.2) is 0 Å². The van der Waals surface area contributed by atoms with E-state index in [1.165, 1.54) is 5.52 Å². The first-order valence-corrected chi connectivity index (χ1v) is 8.81. The van der Waals surface area contributed by atoms with Crippen molar-refractivity contribution in [3.63, 3.8) is 0 Å². The fourth-order valence-corrected chi connectivity index (χ4v) is 3.69. The zero-order valence-electron chi connectivity index (χ0n) is 15.1. The predicted octanol–water partition coefficient (Wildman–Crippen LogP) is 2.78. The van der Waals surface area contributed by atoms with Crippen molar-refractivity contribution in [2.75, 3.05) is 29.9 Å². The number of nitrogens with zero attached hydrogens (tertiary/aromatic N) is 6. The van der Waals surface area contributed by atoms with Gasteiger partial charge < -0.3 is 14.4 Å². The maximum Gasteiger partial charge on any atom is 0.206 e. The van der Waals surface area contributed by atoms with Crippen LogP contribution in [0.4, 0.5) is 11.8 Å². The zero-order chi connectivity index (χ0) is 17.4. The molecule has 4 rings (SSSR count). The molecule has 0 spiro atoms. The summed E-state index contributed by atoms with van der Waals surface area (Å²) >= 11 is 0. The predicted molar refractivity (Wildman–Crippen MR) is 101 cm³/mol. The molecule has 3 heterocycles. The molecule has 0 aliphatic carbocycles. The van der Waals surface area contributed by atoms with Crippen molar-refractivity contribution >= 4 is 22.8 Å². The summed E-state index contributed by atoms with van der Waals surface area (Å²) in [6.45, 7) is 4.03. The summed E-state index contributed by atoms with van der Waals surface area (Å²) in [6.07, 6.45) is 3.85. The molecule has 0 bridgehead atoms. The van der Waals surface area contributed by atoms with Crippen molar-refractivity contribution in [2.45, 2.75) is 25.8 Å². The molecule has 1 fully saturated rings. The normalized spacial score (nSPS) is 15.7. The Morgan fingerprint density at radius 3 is 2.60 bits per heavy atom. The van der Waals surface area contributed by atoms with E-state index in [-0.39, 0.29) is 0 Å². The maximum absolute atomic E-state index is 4.83. The Balaban J connectivity index is 1.48. The van der Waals surface area contributed by atoms with E-state index >= 15 is 0 Å². The quantitative estimate of drug-likeness (QED) is 0.736. The largest absolute Gasteiger partial charge is 0.356 e. The summed E-state index contributed by atoms with van der Waals surface area (Å²) in [5.41, 5.74) is 3.26. The molecule has 3 aromatic rings. The maximum atomic E-state index is 4.83. The van der Waals surface area contributed by atoms with E-state index in [0.717, 1.165) is 48.9 Å². The van der Waals surface area contributed by atoms with Gasteiger partial charge in [0.2, 0.25) is 5.95 Å². The summed E-state index contributed by atoms with van der Waals surface area (Å²) in [5.74, 6) is 2.08. The van der Waals surface area contributed by atoms with Crippen molar-refractivity contribution in [1.82, 2.24) is 19.5 Å². The second-order valence-corrected chi connectivity index (χ2v) is 6.81. The van der Waals surface area contributed by atoms with E-state index in [1.807, 2.05) is 13.0 Å². The minimum Gasteiger partial charge on any atom is -0.356 e. The molecule has 0 atom stereocenters. The molecule has 130 valence electrons. The molecule has 2 aromatic heterocycles. The second kappa shape index (κ2) is 6.35. The van der Waals surface area contributed by atoms with Gasteiger partial charge in [-0.2, -0.15) is 0 Å². The third kappa shape index (κ3) is 2.92. The number of anilines is 2. The van der Waals surface area contributed by atoms with Crippen LogP contribution in [0.15, 0.2) is 36.7 Å². The van der Waals surface area contributed by atoms with Crippen molar-refractivity contribution in [1.29, 1.82) is 0 Å². The number of hydrogen-bond acceptors (Lipinski definition) is 5. The van der Waals surface area contributed by atoms with Crippen LogP contribution < -0.4 is 9.80 Å². The summed E-state index contributed by atoms with van der Waals surface area (Å²) in [4.78, 5) is 18.1. The number of aryl methyl sites for hydroxylation is 2. The molecule has 0 unspecified atom stereocenters. The molecule has 1 aromatic carbocycles. The van der Waals surface area contributed by atoms with Crippen LogP contribution in [0.1, 0.15) is 18.5 Å². The Kier molecular flexibility index (Phi) is 4.03. The van der Waals surface area contributed by atoms with Crippen LogP contribution in [0.25, 0.3) is 11.0 Å². The Hall–Kier alpha value is -2.63. The van der Waals surface area contributed by atoms with E-state index in [0.29, 0.717) is 6.04 Å². The third-order valence-corrected chi connectivity index (χ3v) is 5.21. The number of benzene rings is 1. The van der Waals surface area contributed by atoms with Gasteiger partial charge in [0.05, 0.1) is 11.0 Å². The highest BCUT2D eigenvalue weighted by atomic mass is 15.3. The Bertz CT molecular complexity index is 879. The minimum absolute atomic E-state index is 0.500. The van der Waals surface area contributed by atoms with E-state index < -0.39 is 0 Å². The molecule has 0 amide bonds. The highest BCUT2D eigenvalue weighted by Gasteiger charge is 2.25. The van der Waals surface area contributed by atoms with Crippen molar-refractivity contribution in [3.05, 3.63) is 42.4 Å². The number of hydrogen-bond donors (Lipinski definition) is 0. The van der Waals surface area contributed by atoms with E-state index in [2.05, 4.69) is 62.7 Å². The number of piperidine rings is 1. The van der Waals surface area contributed by atoms with Crippen molar-refractivity contribution < 1.29 is 0 Å². The topological polar surface area (TPSA) is 50.1 Å². The van der Waals surface area contributed by atoms with E-state index in [4.69, 9.17) is 4.98 Å². The number of fused-ring (bicyclic) bond motifs is 1. The first-order chi connectivity index (χ1) is 12.1. The lowest BCUT2D eigenvalue weighted by atomic mass is 10.0. The summed E-state index contributed by atoms with van der Waals surface area (Å²) in [7, 11) is 4.24. The number of rotatable bonds is 3. The lowest BCUT2D eigenvalue weighted by Gasteiger charge is -2.37. The molecule has 25 heavy (non-hydrogen) atoms. The minimum atomic E-state index is 0.500. The van der Waals surface area contributed by atoms with Gasteiger partial charge in [-0.15, -0.1) is 0 Å². The van der Waals surface area contributed by atoms with Gasteiger partial charge in [0.1, 0.15) is 12.1 Å². The highest BCUT2D eigenvalue weighted by molar-refractivity contribution is 5.78. The Labute approximate surface area is 148 Å². The van der Waals surface area contributed by atoms with Gasteiger partial charge >= 0.3 is 0 Å². The summed E-state index contributed by atoms with van der Waals surface area (Å²) in [6, 6.07) is 10.9. The average molecular weight is 336 g/mol. The Morgan fingerprint density at radius 2 is 1.88 bits per heavy atom. The molecule has 1 aliphatic rings. The van der Waals surface area contributed by atoms with Crippen LogP contribution >= 0.6 is 0 Å². The molecule has 1 saturated heterocycles. The first-order valence-electron chi connectivity index (χ1n) is 8.81. The van der Waals surface area contributed by atoms with E-state index in [1.54, 1.807) is 6.33 Å². The van der Waals surface area contributed by atoms with Gasteiger partial charge in [-0.1, -0.05) is 12.1 Å². The zero-order valence-corrected chi connectivity index (χ0v) is 15.1. The van der Waals surface area contributed by atoms with E-state index in [9.17, 15) is 0 Å². The SMILES string of the molecule is Cc1cc(N(C)C2CCN(c3nc4ccccc4n3C)CC2)ncn1. The van der Waals surface area contributed by atoms with Gasteiger partial charge in [-0.05, 0) is 31.9 Å². The summed E-state index contributed by atoms with van der Waals surface area (Å²) in [5, 5.41) is 0. The van der Waals surface area contributed by atoms with Crippen LogP contribution in [-0.2, 0) is 7.05 Å². The smallest absolute Gasteiger partial charge is 0.206 e. The monoisotopic (exact) mass is 336 g/mol. The standard InChI is InChI=1S/C19H24N6/c1-14-12-18(21-13-20-14)23(2)15-8-10-25(11-9-15)19-22-16-6-4-5-7-17(16)24(19)3/h4-7,12-13,15H,8-11H2,1-3H3. The number of aromatic nitrogens is 4. The molecule has 6 heteroatoms. The van der Waals surface area contributed by atoms with Crippen LogP contribution in [0.3, 0.4) is 0 Å². The average Bonchev–Trinajstić information content (AvgIpc) is 2.98. The van der Waals surface area contributed by atoms with Gasteiger partial charge in [0, 0.05) is 45.0 Å². The fraction of sp³-hybridized carbons (Fsp3) is 0.421. The van der Waals surface area contributed by atoms with Crippen LogP contribution in [0.5, 0.6) is 0 Å². The molecule has 0 N–H and O–H groups in total. The van der Waals surface area contributed by atoms with Crippen LogP contribution in [0, 0.1) is 6.92 Å². The van der Waals surface area contributed by atoms with Gasteiger partial charge in [-0.3, -0.25) is 0 Å². The number of para-hydroxylation sites is 2.